The van der Waals surface area contributed by atoms with Gasteiger partial charge in [0.05, 0.1) is 0 Å². The summed E-state index contributed by atoms with van der Waals surface area (Å²) in [5.74, 6) is 2.03. The van der Waals surface area contributed by atoms with Crippen LogP contribution < -0.4 is 11.1 Å². The van der Waals surface area contributed by atoms with E-state index in [0.717, 1.165) is 11.5 Å². The predicted octanol–water partition coefficient (Wildman–Crippen LogP) is 2.83. The van der Waals surface area contributed by atoms with Gasteiger partial charge >= 0.3 is 0 Å². The number of nitrogens with two attached hydrogens (primary N) is 1. The summed E-state index contributed by atoms with van der Waals surface area (Å²) in [7, 11) is 0. The van der Waals surface area contributed by atoms with Gasteiger partial charge in [-0.1, -0.05) is 19.1 Å². The Balaban J connectivity index is 0.00000324. The van der Waals surface area contributed by atoms with Crippen molar-refractivity contribution in [3.8, 4) is 0 Å². The highest BCUT2D eigenvalue weighted by Crippen LogP contribution is 2.13. The first-order valence-corrected chi connectivity index (χ1v) is 7.33. The second kappa shape index (κ2) is 8.46. The third-order valence-corrected chi connectivity index (χ3v) is 3.60. The van der Waals surface area contributed by atoms with E-state index in [1.807, 2.05) is 49.9 Å². The molecule has 5 heteroatoms. The van der Waals surface area contributed by atoms with Gasteiger partial charge in [-0.25, -0.2) is 0 Å². The maximum atomic E-state index is 12.0. The molecule has 0 unspecified atom stereocenters. The van der Waals surface area contributed by atoms with Gasteiger partial charge in [0.15, 0.2) is 0 Å². The number of thioether (sulfide) groups is 1. The molecule has 0 saturated heterocycles. The molecule has 1 rings (SSSR count). The fourth-order valence-corrected chi connectivity index (χ4v) is 2.04. The fourth-order valence-electron chi connectivity index (χ4n) is 1.40. The van der Waals surface area contributed by atoms with E-state index in [1.54, 1.807) is 0 Å². The van der Waals surface area contributed by atoms with Crippen molar-refractivity contribution in [3.05, 3.63) is 35.4 Å². The standard InChI is InChI=1S/C14H22N2OS.ClH/c1-4-18-9-11-5-7-12(8-6-11)13(17)16-14(2,3)10-15;/h5-8H,4,9-10,15H2,1-3H3,(H,16,17);1H. The maximum Gasteiger partial charge on any atom is 0.251 e. The largest absolute Gasteiger partial charge is 0.346 e. The van der Waals surface area contributed by atoms with E-state index in [9.17, 15) is 4.79 Å². The minimum Gasteiger partial charge on any atom is -0.346 e. The van der Waals surface area contributed by atoms with Gasteiger partial charge < -0.3 is 11.1 Å². The zero-order valence-electron chi connectivity index (χ0n) is 11.7. The van der Waals surface area contributed by atoms with E-state index in [0.29, 0.717) is 12.1 Å². The number of benzene rings is 1. The molecule has 0 radical (unpaired) electrons. The van der Waals surface area contributed by atoms with Gasteiger partial charge in [0.2, 0.25) is 0 Å². The number of amides is 1. The van der Waals surface area contributed by atoms with Crippen molar-refractivity contribution in [2.45, 2.75) is 32.1 Å². The number of carbonyl (C=O) groups is 1. The number of nitrogens with one attached hydrogen (secondary N) is 1. The predicted molar refractivity (Wildman–Crippen MR) is 86.1 cm³/mol. The lowest BCUT2D eigenvalue weighted by Gasteiger charge is -2.24. The average Bonchev–Trinajstić information content (AvgIpc) is 2.36. The van der Waals surface area contributed by atoms with E-state index in [-0.39, 0.29) is 23.9 Å². The molecule has 0 aliphatic carbocycles. The second-order valence-electron chi connectivity index (χ2n) is 4.88. The third kappa shape index (κ3) is 6.32. The molecule has 19 heavy (non-hydrogen) atoms. The highest BCUT2D eigenvalue weighted by molar-refractivity contribution is 7.98. The molecule has 1 aromatic carbocycles. The second-order valence-corrected chi connectivity index (χ2v) is 6.15. The Morgan fingerprint density at radius 1 is 1.32 bits per heavy atom. The van der Waals surface area contributed by atoms with Crippen LogP contribution in [0.15, 0.2) is 24.3 Å². The van der Waals surface area contributed by atoms with Crippen molar-refractivity contribution in [1.29, 1.82) is 0 Å². The molecule has 0 spiro atoms. The Bertz CT molecular complexity index is 393. The van der Waals surface area contributed by atoms with Crippen molar-refractivity contribution in [2.24, 2.45) is 5.73 Å². The lowest BCUT2D eigenvalue weighted by Crippen LogP contribution is -2.48. The summed E-state index contributed by atoms with van der Waals surface area (Å²) < 4.78 is 0. The van der Waals surface area contributed by atoms with Crippen molar-refractivity contribution in [1.82, 2.24) is 5.32 Å². The van der Waals surface area contributed by atoms with E-state index in [4.69, 9.17) is 5.73 Å². The van der Waals surface area contributed by atoms with Gasteiger partial charge in [-0.2, -0.15) is 11.8 Å². The van der Waals surface area contributed by atoms with Crippen molar-refractivity contribution < 1.29 is 4.79 Å². The first-order valence-electron chi connectivity index (χ1n) is 6.18. The van der Waals surface area contributed by atoms with Crippen LogP contribution in [0.3, 0.4) is 0 Å². The van der Waals surface area contributed by atoms with Crippen LogP contribution >= 0.6 is 24.2 Å². The minimum absolute atomic E-state index is 0. The first-order chi connectivity index (χ1) is 8.48. The zero-order chi connectivity index (χ0) is 13.6. The molecule has 0 aromatic heterocycles. The van der Waals surface area contributed by atoms with Crippen LogP contribution in [-0.2, 0) is 5.75 Å². The molecular weight excluding hydrogens is 280 g/mol. The highest BCUT2D eigenvalue weighted by Gasteiger charge is 2.18. The van der Waals surface area contributed by atoms with Crippen LogP contribution in [0.25, 0.3) is 0 Å². The van der Waals surface area contributed by atoms with Crippen LogP contribution in [-0.4, -0.2) is 23.7 Å². The molecule has 0 bridgehead atoms. The third-order valence-electron chi connectivity index (χ3n) is 2.65. The smallest absolute Gasteiger partial charge is 0.251 e. The number of halogens is 1. The molecule has 0 aliphatic rings. The van der Waals surface area contributed by atoms with E-state index >= 15 is 0 Å². The molecular formula is C14H23ClN2OS. The Morgan fingerprint density at radius 2 is 1.89 bits per heavy atom. The summed E-state index contributed by atoms with van der Waals surface area (Å²) in [5, 5.41) is 2.92. The summed E-state index contributed by atoms with van der Waals surface area (Å²) in [6.07, 6.45) is 0. The summed E-state index contributed by atoms with van der Waals surface area (Å²) in [5.41, 5.74) is 7.16. The van der Waals surface area contributed by atoms with Crippen molar-refractivity contribution >= 4 is 30.1 Å². The van der Waals surface area contributed by atoms with Gasteiger partial charge in [0, 0.05) is 23.4 Å². The molecule has 3 N–H and O–H groups in total. The fraction of sp³-hybridized carbons (Fsp3) is 0.500. The SMILES string of the molecule is CCSCc1ccc(C(=O)NC(C)(C)CN)cc1.Cl. The van der Waals surface area contributed by atoms with Crippen molar-refractivity contribution in [2.75, 3.05) is 12.3 Å². The summed E-state index contributed by atoms with van der Waals surface area (Å²) in [4.78, 5) is 12.0. The molecule has 3 nitrogen and oxygen atoms in total. The van der Waals surface area contributed by atoms with E-state index in [2.05, 4.69) is 12.2 Å². The molecule has 0 atom stereocenters. The van der Waals surface area contributed by atoms with Gasteiger partial charge in [0.1, 0.15) is 0 Å². The summed E-state index contributed by atoms with van der Waals surface area (Å²) in [6, 6.07) is 7.75. The number of hydrogen-bond acceptors (Lipinski definition) is 3. The molecule has 1 aromatic rings. The summed E-state index contributed by atoms with van der Waals surface area (Å²) >= 11 is 1.87. The number of carbonyl (C=O) groups excluding carboxylic acids is 1. The van der Waals surface area contributed by atoms with Crippen molar-refractivity contribution in [3.63, 3.8) is 0 Å². The summed E-state index contributed by atoms with van der Waals surface area (Å²) in [6.45, 7) is 6.39. The van der Waals surface area contributed by atoms with Gasteiger partial charge in [-0.05, 0) is 37.3 Å². The Kier molecular flexibility index (Phi) is 8.14. The Labute approximate surface area is 126 Å². The van der Waals surface area contributed by atoms with Gasteiger partial charge in [0.25, 0.3) is 5.91 Å². The highest BCUT2D eigenvalue weighted by atomic mass is 35.5. The van der Waals surface area contributed by atoms with E-state index in [1.165, 1.54) is 5.56 Å². The molecule has 0 aliphatic heterocycles. The zero-order valence-corrected chi connectivity index (χ0v) is 13.4. The monoisotopic (exact) mass is 302 g/mol. The Morgan fingerprint density at radius 3 is 2.37 bits per heavy atom. The normalized spacial score (nSPS) is 10.7. The van der Waals surface area contributed by atoms with E-state index < -0.39 is 0 Å². The van der Waals surface area contributed by atoms with Crippen LogP contribution in [0.4, 0.5) is 0 Å². The van der Waals surface area contributed by atoms with Crippen LogP contribution in [0.5, 0.6) is 0 Å². The average molecular weight is 303 g/mol. The molecule has 1 amide bonds. The van der Waals surface area contributed by atoms with Crippen LogP contribution in [0.2, 0.25) is 0 Å². The minimum atomic E-state index is -0.367. The molecule has 108 valence electrons. The molecule has 0 saturated carbocycles. The quantitative estimate of drug-likeness (QED) is 0.849. The lowest BCUT2D eigenvalue weighted by atomic mass is 10.0. The number of rotatable bonds is 6. The lowest BCUT2D eigenvalue weighted by molar-refractivity contribution is 0.0915. The molecule has 0 heterocycles. The van der Waals surface area contributed by atoms with Crippen LogP contribution in [0, 0.1) is 0 Å². The van der Waals surface area contributed by atoms with Crippen LogP contribution in [0.1, 0.15) is 36.7 Å². The van der Waals surface area contributed by atoms with Gasteiger partial charge in [-0.15, -0.1) is 12.4 Å². The first kappa shape index (κ1) is 18.3. The topological polar surface area (TPSA) is 55.1 Å². The Hall–Kier alpha value is -0.710. The van der Waals surface area contributed by atoms with Gasteiger partial charge in [-0.3, -0.25) is 4.79 Å². The number of hydrogen-bond donors (Lipinski definition) is 2. The molecule has 0 fully saturated rings. The maximum absolute atomic E-state index is 12.0.